The van der Waals surface area contributed by atoms with Gasteiger partial charge in [-0.15, -0.1) is 0 Å². The van der Waals surface area contributed by atoms with E-state index in [-0.39, 0.29) is 5.56 Å². The molecule has 0 bridgehead atoms. The van der Waals surface area contributed by atoms with Gasteiger partial charge >= 0.3 is 5.97 Å². The minimum absolute atomic E-state index is 0.174. The van der Waals surface area contributed by atoms with E-state index in [0.29, 0.717) is 11.5 Å². The van der Waals surface area contributed by atoms with E-state index in [1.807, 2.05) is 0 Å². The van der Waals surface area contributed by atoms with Crippen LogP contribution in [0.25, 0.3) is 0 Å². The van der Waals surface area contributed by atoms with Crippen molar-refractivity contribution in [2.75, 3.05) is 14.2 Å². The molecule has 0 saturated carbocycles. The highest BCUT2D eigenvalue weighted by atomic mass is 16.5. The fourth-order valence-electron chi connectivity index (χ4n) is 1.55. The number of carbonyl (C=O) groups is 2. The molecule has 2 unspecified atom stereocenters. The number of ether oxygens (including phenoxy) is 2. The highest BCUT2D eigenvalue weighted by Crippen LogP contribution is 2.22. The van der Waals surface area contributed by atoms with Crippen molar-refractivity contribution in [2.45, 2.75) is 19.1 Å². The lowest BCUT2D eigenvalue weighted by Crippen LogP contribution is -2.47. The lowest BCUT2D eigenvalue weighted by Gasteiger charge is -2.17. The van der Waals surface area contributed by atoms with Crippen LogP contribution in [0.5, 0.6) is 11.5 Å². The van der Waals surface area contributed by atoms with Gasteiger partial charge in [-0.05, 0) is 19.1 Å². The van der Waals surface area contributed by atoms with Gasteiger partial charge < -0.3 is 25.0 Å². The van der Waals surface area contributed by atoms with Crippen molar-refractivity contribution in [1.82, 2.24) is 5.32 Å². The van der Waals surface area contributed by atoms with Crippen LogP contribution in [0.4, 0.5) is 0 Å². The van der Waals surface area contributed by atoms with E-state index >= 15 is 0 Å². The molecule has 3 N–H and O–H groups in total. The number of aliphatic hydroxyl groups is 1. The van der Waals surface area contributed by atoms with Crippen LogP contribution in [0, 0.1) is 0 Å². The Morgan fingerprint density at radius 2 is 1.65 bits per heavy atom. The first-order valence-electron chi connectivity index (χ1n) is 5.83. The summed E-state index contributed by atoms with van der Waals surface area (Å²) < 4.78 is 10.0. The van der Waals surface area contributed by atoms with Gasteiger partial charge in [0.15, 0.2) is 6.04 Å². The zero-order valence-corrected chi connectivity index (χ0v) is 11.4. The first-order chi connectivity index (χ1) is 9.38. The number of methoxy groups -OCH3 is 2. The number of carboxylic acid groups (broad SMARTS) is 1. The summed E-state index contributed by atoms with van der Waals surface area (Å²) in [6.45, 7) is 1.28. The summed E-state index contributed by atoms with van der Waals surface area (Å²) in [6, 6.07) is 3.08. The number of carboxylic acids is 1. The molecule has 0 aliphatic rings. The maximum atomic E-state index is 12.0. The smallest absolute Gasteiger partial charge is 0.328 e. The highest BCUT2D eigenvalue weighted by Gasteiger charge is 2.25. The minimum Gasteiger partial charge on any atom is -0.497 e. The van der Waals surface area contributed by atoms with E-state index in [1.165, 1.54) is 33.3 Å². The van der Waals surface area contributed by atoms with Crippen molar-refractivity contribution in [1.29, 1.82) is 0 Å². The Balaban J connectivity index is 2.99. The third-order valence-corrected chi connectivity index (χ3v) is 2.65. The summed E-state index contributed by atoms with van der Waals surface area (Å²) in [4.78, 5) is 22.9. The topological polar surface area (TPSA) is 105 Å². The Bertz CT molecular complexity index is 477. The summed E-state index contributed by atoms with van der Waals surface area (Å²) in [5, 5.41) is 20.5. The molecule has 1 aromatic carbocycles. The maximum Gasteiger partial charge on any atom is 0.328 e. The van der Waals surface area contributed by atoms with Gasteiger partial charge in [0.25, 0.3) is 5.91 Å². The van der Waals surface area contributed by atoms with Gasteiger partial charge in [-0.25, -0.2) is 4.79 Å². The van der Waals surface area contributed by atoms with Crippen LogP contribution < -0.4 is 14.8 Å². The van der Waals surface area contributed by atoms with E-state index in [1.54, 1.807) is 6.07 Å². The molecule has 1 rings (SSSR count). The largest absolute Gasteiger partial charge is 0.497 e. The second-order valence-electron chi connectivity index (χ2n) is 4.13. The first-order valence-corrected chi connectivity index (χ1v) is 5.83. The van der Waals surface area contributed by atoms with Gasteiger partial charge in [-0.1, -0.05) is 0 Å². The quantitative estimate of drug-likeness (QED) is 0.692. The summed E-state index contributed by atoms with van der Waals surface area (Å²) in [7, 11) is 2.87. The molecule has 7 heteroatoms. The second-order valence-corrected chi connectivity index (χ2v) is 4.13. The average molecular weight is 283 g/mol. The third kappa shape index (κ3) is 3.86. The first kappa shape index (κ1) is 15.8. The Kier molecular flexibility index (Phi) is 5.33. The van der Waals surface area contributed by atoms with Crippen molar-refractivity contribution < 1.29 is 29.3 Å². The molecule has 110 valence electrons. The van der Waals surface area contributed by atoms with Gasteiger partial charge in [0.2, 0.25) is 0 Å². The van der Waals surface area contributed by atoms with E-state index < -0.39 is 24.0 Å². The Morgan fingerprint density at radius 1 is 1.15 bits per heavy atom. The molecule has 7 nitrogen and oxygen atoms in total. The van der Waals surface area contributed by atoms with Crippen LogP contribution in [0.1, 0.15) is 17.3 Å². The predicted octanol–water partition coefficient (Wildman–Crippen LogP) is 0.268. The number of hydrogen-bond donors (Lipinski definition) is 3. The lowest BCUT2D eigenvalue weighted by molar-refractivity contribution is -0.141. The lowest BCUT2D eigenvalue weighted by atomic mass is 10.1. The van der Waals surface area contributed by atoms with Gasteiger partial charge in [0, 0.05) is 11.6 Å². The summed E-state index contributed by atoms with van der Waals surface area (Å²) in [5.41, 5.74) is 0.174. The average Bonchev–Trinajstić information content (AvgIpc) is 2.42. The van der Waals surface area contributed by atoms with Crippen LogP contribution in [0.15, 0.2) is 18.2 Å². The van der Waals surface area contributed by atoms with Crippen LogP contribution in [-0.4, -0.2) is 48.5 Å². The van der Waals surface area contributed by atoms with E-state index in [4.69, 9.17) is 14.6 Å². The maximum absolute atomic E-state index is 12.0. The third-order valence-electron chi connectivity index (χ3n) is 2.65. The Hall–Kier alpha value is -2.28. The van der Waals surface area contributed by atoms with Gasteiger partial charge in [-0.3, -0.25) is 4.79 Å². The molecular weight excluding hydrogens is 266 g/mol. The standard InChI is InChI=1S/C13H17NO6/c1-7(15)11(13(17)18)14-12(16)8-4-9(19-2)6-10(5-8)20-3/h4-7,11,15H,1-3H3,(H,14,16)(H,17,18). The monoisotopic (exact) mass is 283 g/mol. The van der Waals surface area contributed by atoms with Gasteiger partial charge in [0.1, 0.15) is 11.5 Å². The van der Waals surface area contributed by atoms with Crippen molar-refractivity contribution in [2.24, 2.45) is 0 Å². The van der Waals surface area contributed by atoms with E-state index in [9.17, 15) is 14.7 Å². The number of hydrogen-bond acceptors (Lipinski definition) is 5. The van der Waals surface area contributed by atoms with Crippen LogP contribution in [0.3, 0.4) is 0 Å². The number of rotatable bonds is 6. The molecule has 0 aromatic heterocycles. The fourth-order valence-corrected chi connectivity index (χ4v) is 1.55. The van der Waals surface area contributed by atoms with Gasteiger partial charge in [0.05, 0.1) is 20.3 Å². The second kappa shape index (κ2) is 6.76. The molecule has 0 aliphatic heterocycles. The number of aliphatic carboxylic acids is 1. The zero-order valence-electron chi connectivity index (χ0n) is 11.4. The Labute approximate surface area is 116 Å². The molecule has 0 aliphatic carbocycles. The number of carbonyl (C=O) groups excluding carboxylic acids is 1. The SMILES string of the molecule is COc1cc(OC)cc(C(=O)NC(C(=O)O)C(C)O)c1. The molecule has 1 amide bonds. The minimum atomic E-state index is -1.39. The van der Waals surface area contributed by atoms with Crippen molar-refractivity contribution in [3.8, 4) is 11.5 Å². The predicted molar refractivity (Wildman–Crippen MR) is 70.1 cm³/mol. The van der Waals surface area contributed by atoms with Crippen molar-refractivity contribution >= 4 is 11.9 Å². The molecule has 20 heavy (non-hydrogen) atoms. The summed E-state index contributed by atoms with van der Waals surface area (Å²) in [6.07, 6.45) is -1.22. The molecule has 0 fully saturated rings. The van der Waals surface area contributed by atoms with Crippen LogP contribution >= 0.6 is 0 Å². The fraction of sp³-hybridized carbons (Fsp3) is 0.385. The number of aliphatic hydroxyl groups excluding tert-OH is 1. The van der Waals surface area contributed by atoms with Crippen LogP contribution in [-0.2, 0) is 4.79 Å². The molecule has 2 atom stereocenters. The van der Waals surface area contributed by atoms with Gasteiger partial charge in [-0.2, -0.15) is 0 Å². The molecule has 0 radical (unpaired) electrons. The molecule has 0 saturated heterocycles. The normalized spacial score (nSPS) is 13.2. The zero-order chi connectivity index (χ0) is 15.3. The summed E-state index contributed by atoms with van der Waals surface area (Å²) >= 11 is 0. The number of amides is 1. The number of benzene rings is 1. The van der Waals surface area contributed by atoms with Crippen molar-refractivity contribution in [3.05, 3.63) is 23.8 Å². The highest BCUT2D eigenvalue weighted by molar-refractivity contribution is 5.97. The molecule has 0 heterocycles. The molecular formula is C13H17NO6. The van der Waals surface area contributed by atoms with Crippen LogP contribution in [0.2, 0.25) is 0 Å². The number of nitrogens with one attached hydrogen (secondary N) is 1. The molecule has 1 aromatic rings. The molecule has 0 spiro atoms. The van der Waals surface area contributed by atoms with E-state index in [2.05, 4.69) is 5.32 Å². The van der Waals surface area contributed by atoms with Crippen molar-refractivity contribution in [3.63, 3.8) is 0 Å². The summed E-state index contributed by atoms with van der Waals surface area (Å²) in [5.74, 6) is -1.16. The Morgan fingerprint density at radius 3 is 2.00 bits per heavy atom. The van der Waals surface area contributed by atoms with E-state index in [0.717, 1.165) is 0 Å².